The Morgan fingerprint density at radius 1 is 1.26 bits per heavy atom. The minimum absolute atomic E-state index is 0. The fourth-order valence-corrected chi connectivity index (χ4v) is 3.17. The summed E-state index contributed by atoms with van der Waals surface area (Å²) in [6.45, 7) is 5.25. The first kappa shape index (κ1) is 21.5. The molecule has 0 saturated carbocycles. The Labute approximate surface area is 178 Å². The fourth-order valence-electron chi connectivity index (χ4n) is 3.17. The van der Waals surface area contributed by atoms with Crippen molar-refractivity contribution in [3.8, 4) is 16.9 Å². The molecule has 27 heavy (non-hydrogen) atoms. The van der Waals surface area contributed by atoms with Crippen LogP contribution in [0.4, 0.5) is 0 Å². The third-order valence-corrected chi connectivity index (χ3v) is 4.43. The van der Waals surface area contributed by atoms with Crippen LogP contribution < -0.4 is 15.8 Å². The van der Waals surface area contributed by atoms with Crippen LogP contribution in [0.25, 0.3) is 11.1 Å². The van der Waals surface area contributed by atoms with Crippen molar-refractivity contribution < 1.29 is 9.47 Å². The van der Waals surface area contributed by atoms with Crippen LogP contribution in [0.1, 0.15) is 25.0 Å². The van der Waals surface area contributed by atoms with E-state index in [9.17, 15) is 0 Å². The summed E-state index contributed by atoms with van der Waals surface area (Å²) in [4.78, 5) is 4.39. The zero-order valence-electron chi connectivity index (χ0n) is 16.1. The Bertz CT molecular complexity index is 777. The lowest BCUT2D eigenvalue weighted by Gasteiger charge is -2.13. The molecule has 3 rings (SSSR count). The van der Waals surface area contributed by atoms with Crippen molar-refractivity contribution in [1.29, 1.82) is 0 Å². The second-order valence-corrected chi connectivity index (χ2v) is 6.85. The molecule has 0 spiro atoms. The van der Waals surface area contributed by atoms with Gasteiger partial charge in [-0.05, 0) is 48.2 Å². The molecule has 2 unspecified atom stereocenters. The first-order valence-corrected chi connectivity index (χ1v) is 8.99. The van der Waals surface area contributed by atoms with Crippen molar-refractivity contribution in [1.82, 2.24) is 5.32 Å². The van der Waals surface area contributed by atoms with Gasteiger partial charge in [-0.1, -0.05) is 30.3 Å². The fraction of sp³-hybridized carbons (Fsp3) is 0.381. The van der Waals surface area contributed by atoms with Crippen LogP contribution in [0, 0.1) is 0 Å². The molecule has 2 aromatic rings. The van der Waals surface area contributed by atoms with Crippen LogP contribution in [-0.2, 0) is 17.7 Å². The summed E-state index contributed by atoms with van der Waals surface area (Å²) < 4.78 is 10.8. The number of hydrogen-bond donors (Lipinski definition) is 2. The van der Waals surface area contributed by atoms with Crippen molar-refractivity contribution in [2.75, 3.05) is 13.7 Å². The number of fused-ring (bicyclic) bond motifs is 1. The van der Waals surface area contributed by atoms with E-state index in [1.165, 1.54) is 16.7 Å². The van der Waals surface area contributed by atoms with Gasteiger partial charge < -0.3 is 20.5 Å². The van der Waals surface area contributed by atoms with Gasteiger partial charge in [0.15, 0.2) is 5.96 Å². The number of hydrogen-bond acceptors (Lipinski definition) is 3. The Hall–Kier alpha value is -1.80. The van der Waals surface area contributed by atoms with E-state index in [2.05, 4.69) is 59.7 Å². The topological polar surface area (TPSA) is 68.9 Å². The van der Waals surface area contributed by atoms with Gasteiger partial charge in [0.1, 0.15) is 11.9 Å². The summed E-state index contributed by atoms with van der Waals surface area (Å²) >= 11 is 0. The standard InChI is InChI=1S/C21H27N3O2.HI/c1-14(13-25-3)24-21(22)23-12-16-4-6-17(7-5-16)18-8-9-20-19(11-18)10-15(2)26-20;/h4-9,11,14-15H,10,12-13H2,1-3H3,(H3,22,23,24);1H. The molecule has 0 bridgehead atoms. The van der Waals surface area contributed by atoms with Crippen LogP contribution in [0.15, 0.2) is 47.5 Å². The number of methoxy groups -OCH3 is 1. The number of halogens is 1. The monoisotopic (exact) mass is 481 g/mol. The van der Waals surface area contributed by atoms with Crippen LogP contribution in [0.5, 0.6) is 5.75 Å². The number of guanidine groups is 1. The molecule has 3 N–H and O–H groups in total. The van der Waals surface area contributed by atoms with E-state index in [1.807, 2.05) is 6.92 Å². The minimum atomic E-state index is 0. The lowest BCUT2D eigenvalue weighted by atomic mass is 10.00. The van der Waals surface area contributed by atoms with Crippen molar-refractivity contribution in [2.24, 2.45) is 10.7 Å². The number of benzene rings is 2. The third kappa shape index (κ3) is 5.84. The summed E-state index contributed by atoms with van der Waals surface area (Å²) in [6.07, 6.45) is 1.25. The highest BCUT2D eigenvalue weighted by atomic mass is 127. The molecule has 5 nitrogen and oxygen atoms in total. The highest BCUT2D eigenvalue weighted by Crippen LogP contribution is 2.32. The van der Waals surface area contributed by atoms with E-state index < -0.39 is 0 Å². The normalized spacial score (nSPS) is 16.9. The van der Waals surface area contributed by atoms with Crippen LogP contribution >= 0.6 is 24.0 Å². The number of nitrogens with one attached hydrogen (secondary N) is 1. The highest BCUT2D eigenvalue weighted by Gasteiger charge is 2.19. The van der Waals surface area contributed by atoms with Crippen molar-refractivity contribution in [2.45, 2.75) is 39.0 Å². The molecule has 0 saturated heterocycles. The van der Waals surface area contributed by atoms with Gasteiger partial charge in [0.2, 0.25) is 0 Å². The maximum absolute atomic E-state index is 5.91. The van der Waals surface area contributed by atoms with Crippen LogP contribution in [0.2, 0.25) is 0 Å². The lowest BCUT2D eigenvalue weighted by Crippen LogP contribution is -2.40. The summed E-state index contributed by atoms with van der Waals surface area (Å²) in [5.74, 6) is 1.45. The molecule has 0 aliphatic carbocycles. The maximum atomic E-state index is 5.91. The quantitative estimate of drug-likeness (QED) is 0.375. The number of ether oxygens (including phenoxy) is 2. The van der Waals surface area contributed by atoms with Crippen LogP contribution in [0.3, 0.4) is 0 Å². The van der Waals surface area contributed by atoms with Gasteiger partial charge in [-0.3, -0.25) is 0 Å². The van der Waals surface area contributed by atoms with Crippen molar-refractivity contribution in [3.05, 3.63) is 53.6 Å². The van der Waals surface area contributed by atoms with E-state index in [0.29, 0.717) is 19.1 Å². The Morgan fingerprint density at radius 3 is 2.67 bits per heavy atom. The van der Waals surface area contributed by atoms with Gasteiger partial charge in [0, 0.05) is 19.6 Å². The molecule has 0 aromatic heterocycles. The van der Waals surface area contributed by atoms with Gasteiger partial charge in [-0.2, -0.15) is 0 Å². The zero-order chi connectivity index (χ0) is 18.5. The maximum Gasteiger partial charge on any atom is 0.189 e. The Kier molecular flexibility index (Phi) is 7.91. The predicted molar refractivity (Wildman–Crippen MR) is 121 cm³/mol. The smallest absolute Gasteiger partial charge is 0.189 e. The summed E-state index contributed by atoms with van der Waals surface area (Å²) in [5, 5.41) is 3.11. The highest BCUT2D eigenvalue weighted by molar-refractivity contribution is 14.0. The first-order chi connectivity index (χ1) is 12.5. The van der Waals surface area contributed by atoms with Crippen molar-refractivity contribution in [3.63, 3.8) is 0 Å². The molecule has 6 heteroatoms. The SMILES string of the molecule is COCC(C)NC(N)=NCc1ccc(-c2ccc3c(c2)CC(C)O3)cc1.I. The van der Waals surface area contributed by atoms with Gasteiger partial charge in [-0.25, -0.2) is 4.99 Å². The minimum Gasteiger partial charge on any atom is -0.490 e. The predicted octanol–water partition coefficient (Wildman–Crippen LogP) is 3.73. The molecule has 2 aromatic carbocycles. The molecular weight excluding hydrogens is 453 g/mol. The molecule has 0 amide bonds. The molecular formula is C21H28IN3O2. The summed E-state index contributed by atoms with van der Waals surface area (Å²) in [7, 11) is 1.67. The van der Waals surface area contributed by atoms with E-state index >= 15 is 0 Å². The van der Waals surface area contributed by atoms with Gasteiger partial charge in [0.05, 0.1) is 13.2 Å². The van der Waals surface area contributed by atoms with Gasteiger partial charge in [-0.15, -0.1) is 24.0 Å². The van der Waals surface area contributed by atoms with Crippen molar-refractivity contribution >= 4 is 29.9 Å². The molecule has 0 fully saturated rings. The molecule has 1 aliphatic heterocycles. The van der Waals surface area contributed by atoms with Gasteiger partial charge in [0.25, 0.3) is 0 Å². The summed E-state index contributed by atoms with van der Waals surface area (Å²) in [5.41, 5.74) is 10.7. The molecule has 0 radical (unpaired) electrons. The third-order valence-electron chi connectivity index (χ3n) is 4.43. The number of rotatable bonds is 6. The Morgan fingerprint density at radius 2 is 1.96 bits per heavy atom. The van der Waals surface area contributed by atoms with Gasteiger partial charge >= 0.3 is 0 Å². The molecule has 1 aliphatic rings. The molecule has 146 valence electrons. The van der Waals surface area contributed by atoms with E-state index in [0.717, 1.165) is 17.7 Å². The number of aliphatic imine (C=N–C) groups is 1. The largest absolute Gasteiger partial charge is 0.490 e. The second kappa shape index (κ2) is 9.94. The van der Waals surface area contributed by atoms with E-state index in [1.54, 1.807) is 7.11 Å². The average molecular weight is 481 g/mol. The number of nitrogens with zero attached hydrogens (tertiary/aromatic N) is 1. The number of nitrogens with two attached hydrogens (primary N) is 1. The zero-order valence-corrected chi connectivity index (χ0v) is 18.4. The van der Waals surface area contributed by atoms with E-state index in [4.69, 9.17) is 15.2 Å². The van der Waals surface area contributed by atoms with E-state index in [-0.39, 0.29) is 36.1 Å². The first-order valence-electron chi connectivity index (χ1n) is 8.99. The second-order valence-electron chi connectivity index (χ2n) is 6.85. The molecule has 2 atom stereocenters. The Balaban J connectivity index is 0.00000261. The van der Waals surface area contributed by atoms with Crippen LogP contribution in [-0.4, -0.2) is 31.8 Å². The molecule has 1 heterocycles. The summed E-state index contributed by atoms with van der Waals surface area (Å²) in [6, 6.07) is 15.0. The average Bonchev–Trinajstić information content (AvgIpc) is 2.99. The lowest BCUT2D eigenvalue weighted by molar-refractivity contribution is 0.179.